The number of nitro groups is 1. The fourth-order valence-corrected chi connectivity index (χ4v) is 2.73. The van der Waals surface area contributed by atoms with E-state index in [9.17, 15) is 14.9 Å². The van der Waals surface area contributed by atoms with Gasteiger partial charge in [0.15, 0.2) is 12.4 Å². The molecule has 120 valence electrons. The number of para-hydroxylation sites is 1. The predicted octanol–water partition coefficient (Wildman–Crippen LogP) is 3.83. The lowest BCUT2D eigenvalue weighted by atomic mass is 10.2. The summed E-state index contributed by atoms with van der Waals surface area (Å²) in [7, 11) is 0. The molecule has 1 N–H and O–H groups in total. The third-order valence-electron chi connectivity index (χ3n) is 3.20. The number of nitrogens with zero attached hydrogens (tertiary/aromatic N) is 1. The Balaban J connectivity index is 2.05. The highest BCUT2D eigenvalue weighted by molar-refractivity contribution is 14.1. The number of ether oxygens (including phenoxy) is 1. The van der Waals surface area contributed by atoms with Crippen molar-refractivity contribution < 1.29 is 14.5 Å². The van der Waals surface area contributed by atoms with Gasteiger partial charge in [0.05, 0.1) is 4.92 Å². The summed E-state index contributed by atoms with van der Waals surface area (Å²) in [5.41, 5.74) is 2.00. The summed E-state index contributed by atoms with van der Waals surface area (Å²) >= 11 is 2.19. The van der Waals surface area contributed by atoms with E-state index in [2.05, 4.69) is 27.9 Å². The molecule has 0 aromatic heterocycles. The van der Waals surface area contributed by atoms with Gasteiger partial charge in [-0.25, -0.2) is 0 Å². The van der Waals surface area contributed by atoms with E-state index in [0.717, 1.165) is 9.13 Å². The van der Waals surface area contributed by atoms with Crippen molar-refractivity contribution in [1.29, 1.82) is 0 Å². The second-order valence-electron chi connectivity index (χ2n) is 4.97. The van der Waals surface area contributed by atoms with E-state index in [4.69, 9.17) is 4.74 Å². The standard InChI is InChI=1S/C16H15IN2O4/c1-10-4-3-5-14(16(10)19(21)22)23-9-15(20)18-13-7-6-12(17)8-11(13)2/h3-8H,9H2,1-2H3,(H,18,20). The van der Waals surface area contributed by atoms with E-state index in [1.807, 2.05) is 25.1 Å². The average Bonchev–Trinajstić information content (AvgIpc) is 2.47. The topological polar surface area (TPSA) is 81.5 Å². The number of anilines is 1. The number of rotatable bonds is 5. The molecule has 0 aliphatic carbocycles. The number of nitrogens with one attached hydrogen (secondary N) is 1. The van der Waals surface area contributed by atoms with Gasteiger partial charge in [-0.2, -0.15) is 0 Å². The summed E-state index contributed by atoms with van der Waals surface area (Å²) in [5.74, 6) is -0.283. The van der Waals surface area contributed by atoms with Crippen molar-refractivity contribution >= 4 is 39.9 Å². The Bertz CT molecular complexity index is 762. The Labute approximate surface area is 147 Å². The van der Waals surface area contributed by atoms with Gasteiger partial charge >= 0.3 is 5.69 Å². The first-order valence-corrected chi connectivity index (χ1v) is 7.89. The molecule has 0 aliphatic heterocycles. The summed E-state index contributed by atoms with van der Waals surface area (Å²) in [6.07, 6.45) is 0. The Morgan fingerprint density at radius 3 is 2.65 bits per heavy atom. The van der Waals surface area contributed by atoms with Crippen molar-refractivity contribution in [3.63, 3.8) is 0 Å². The van der Waals surface area contributed by atoms with E-state index < -0.39 is 4.92 Å². The van der Waals surface area contributed by atoms with Gasteiger partial charge in [0.1, 0.15) is 0 Å². The Hall–Kier alpha value is -2.16. The van der Waals surface area contributed by atoms with E-state index in [0.29, 0.717) is 11.3 Å². The van der Waals surface area contributed by atoms with Crippen LogP contribution in [-0.4, -0.2) is 17.4 Å². The lowest BCUT2D eigenvalue weighted by Gasteiger charge is -2.10. The minimum Gasteiger partial charge on any atom is -0.477 e. The van der Waals surface area contributed by atoms with Crippen LogP contribution in [0, 0.1) is 27.5 Å². The molecule has 1 amide bonds. The van der Waals surface area contributed by atoms with Crippen molar-refractivity contribution in [3.8, 4) is 5.75 Å². The van der Waals surface area contributed by atoms with E-state index in [1.54, 1.807) is 19.1 Å². The van der Waals surface area contributed by atoms with Gasteiger partial charge in [0.2, 0.25) is 0 Å². The molecule has 0 heterocycles. The van der Waals surface area contributed by atoms with Crippen LogP contribution in [0.25, 0.3) is 0 Å². The maximum absolute atomic E-state index is 12.0. The number of carbonyl (C=O) groups excluding carboxylic acids is 1. The first-order valence-electron chi connectivity index (χ1n) is 6.81. The summed E-state index contributed by atoms with van der Waals surface area (Å²) in [6, 6.07) is 10.4. The lowest BCUT2D eigenvalue weighted by Crippen LogP contribution is -2.21. The van der Waals surface area contributed by atoms with Crippen LogP contribution in [0.5, 0.6) is 5.75 Å². The normalized spacial score (nSPS) is 10.2. The molecule has 0 bridgehead atoms. The van der Waals surface area contributed by atoms with Crippen LogP contribution < -0.4 is 10.1 Å². The molecular weight excluding hydrogens is 411 g/mol. The molecule has 23 heavy (non-hydrogen) atoms. The summed E-state index contributed by atoms with van der Waals surface area (Å²) in [4.78, 5) is 22.6. The van der Waals surface area contributed by atoms with Gasteiger partial charge < -0.3 is 10.1 Å². The van der Waals surface area contributed by atoms with Gasteiger partial charge in [0.25, 0.3) is 5.91 Å². The quantitative estimate of drug-likeness (QED) is 0.448. The molecule has 0 spiro atoms. The van der Waals surface area contributed by atoms with E-state index >= 15 is 0 Å². The number of halogens is 1. The van der Waals surface area contributed by atoms with Crippen molar-refractivity contribution in [2.45, 2.75) is 13.8 Å². The number of amides is 1. The van der Waals surface area contributed by atoms with Crippen molar-refractivity contribution in [2.75, 3.05) is 11.9 Å². The zero-order valence-electron chi connectivity index (χ0n) is 12.6. The SMILES string of the molecule is Cc1cc(I)ccc1NC(=O)COc1cccc(C)c1[N+](=O)[O-]. The van der Waals surface area contributed by atoms with Crippen LogP contribution in [0.3, 0.4) is 0 Å². The first-order chi connectivity index (χ1) is 10.9. The van der Waals surface area contributed by atoms with Gasteiger partial charge in [-0.3, -0.25) is 14.9 Å². The highest BCUT2D eigenvalue weighted by Gasteiger charge is 2.19. The molecule has 2 aromatic carbocycles. The smallest absolute Gasteiger partial charge is 0.313 e. The monoisotopic (exact) mass is 426 g/mol. The zero-order chi connectivity index (χ0) is 17.0. The number of carbonyl (C=O) groups is 1. The number of hydrogen-bond acceptors (Lipinski definition) is 4. The third kappa shape index (κ3) is 4.41. The maximum Gasteiger partial charge on any atom is 0.313 e. The molecule has 0 fully saturated rings. The molecule has 6 nitrogen and oxygen atoms in total. The van der Waals surface area contributed by atoms with Crippen LogP contribution in [-0.2, 0) is 4.79 Å². The second-order valence-corrected chi connectivity index (χ2v) is 6.22. The molecule has 0 saturated carbocycles. The number of hydrogen-bond donors (Lipinski definition) is 1. The van der Waals surface area contributed by atoms with Crippen molar-refractivity contribution in [3.05, 3.63) is 61.2 Å². The number of benzene rings is 2. The summed E-state index contributed by atoms with van der Waals surface area (Å²) in [6.45, 7) is 3.22. The third-order valence-corrected chi connectivity index (χ3v) is 3.88. The van der Waals surface area contributed by atoms with Crippen LogP contribution in [0.15, 0.2) is 36.4 Å². The fraction of sp³-hybridized carbons (Fsp3) is 0.188. The number of nitro benzene ring substituents is 1. The second kappa shape index (κ2) is 7.40. The van der Waals surface area contributed by atoms with Crippen LogP contribution >= 0.6 is 22.6 Å². The van der Waals surface area contributed by atoms with E-state index in [1.165, 1.54) is 6.07 Å². The van der Waals surface area contributed by atoms with Crippen molar-refractivity contribution in [2.24, 2.45) is 0 Å². The molecule has 0 atom stereocenters. The molecule has 0 radical (unpaired) electrons. The first kappa shape index (κ1) is 17.2. The van der Waals surface area contributed by atoms with Crippen LogP contribution in [0.2, 0.25) is 0 Å². The zero-order valence-corrected chi connectivity index (χ0v) is 14.8. The van der Waals surface area contributed by atoms with Crippen LogP contribution in [0.4, 0.5) is 11.4 Å². The Kier molecular flexibility index (Phi) is 5.54. The van der Waals surface area contributed by atoms with E-state index in [-0.39, 0.29) is 24.0 Å². The minimum absolute atomic E-state index is 0.0875. The Morgan fingerprint density at radius 2 is 2.00 bits per heavy atom. The molecule has 0 saturated heterocycles. The summed E-state index contributed by atoms with van der Waals surface area (Å²) in [5, 5.41) is 13.8. The lowest BCUT2D eigenvalue weighted by molar-refractivity contribution is -0.386. The van der Waals surface area contributed by atoms with Gasteiger partial charge in [0, 0.05) is 14.8 Å². The maximum atomic E-state index is 12.0. The van der Waals surface area contributed by atoms with Gasteiger partial charge in [-0.1, -0.05) is 12.1 Å². The summed E-state index contributed by atoms with van der Waals surface area (Å²) < 4.78 is 6.40. The fourth-order valence-electron chi connectivity index (χ4n) is 2.08. The highest BCUT2D eigenvalue weighted by Crippen LogP contribution is 2.30. The number of aryl methyl sites for hydroxylation is 2. The molecule has 2 rings (SSSR count). The Morgan fingerprint density at radius 1 is 1.26 bits per heavy atom. The molecule has 2 aromatic rings. The molecular formula is C16H15IN2O4. The van der Waals surface area contributed by atoms with Crippen LogP contribution in [0.1, 0.15) is 11.1 Å². The minimum atomic E-state index is -0.508. The van der Waals surface area contributed by atoms with Gasteiger partial charge in [-0.15, -0.1) is 0 Å². The predicted molar refractivity (Wildman–Crippen MR) is 95.9 cm³/mol. The van der Waals surface area contributed by atoms with Gasteiger partial charge in [-0.05, 0) is 66.3 Å². The molecule has 7 heteroatoms. The molecule has 0 unspecified atom stereocenters. The van der Waals surface area contributed by atoms with Crippen molar-refractivity contribution in [1.82, 2.24) is 0 Å². The largest absolute Gasteiger partial charge is 0.477 e. The average molecular weight is 426 g/mol. The molecule has 0 aliphatic rings. The highest BCUT2D eigenvalue weighted by atomic mass is 127.